The first-order valence-electron chi connectivity index (χ1n) is 5.86. The Kier molecular flexibility index (Phi) is 6.88. The van der Waals surface area contributed by atoms with Crippen molar-refractivity contribution in [3.63, 3.8) is 0 Å². The van der Waals surface area contributed by atoms with Crippen LogP contribution in [-0.4, -0.2) is 6.84 Å². The maximum atomic E-state index is 6.06. The van der Waals surface area contributed by atoms with Crippen molar-refractivity contribution in [2.24, 2.45) is 0 Å². The SMILES string of the molecule is Brc1cccc(OC(Br)(Oc2ccccc2)C(Br)(Br)Br)c1Br. The molecule has 2 nitrogen and oxygen atoms in total. The topological polar surface area (TPSA) is 18.5 Å². The lowest BCUT2D eigenvalue weighted by Gasteiger charge is -2.35. The van der Waals surface area contributed by atoms with E-state index in [4.69, 9.17) is 9.47 Å². The monoisotopic (exact) mass is 682 g/mol. The predicted octanol–water partition coefficient (Wildman–Crippen LogP) is 7.56. The Morgan fingerprint density at radius 2 is 1.36 bits per heavy atom. The van der Waals surface area contributed by atoms with Crippen LogP contribution in [0.25, 0.3) is 0 Å². The van der Waals surface area contributed by atoms with Crippen LogP contribution in [0.15, 0.2) is 57.5 Å². The second kappa shape index (κ2) is 7.87. The molecule has 0 aliphatic heterocycles. The molecule has 1 unspecified atom stereocenters. The maximum Gasteiger partial charge on any atom is 0.345 e. The molecular weight excluding hydrogens is 680 g/mol. The van der Waals surface area contributed by atoms with Crippen LogP contribution in [0.3, 0.4) is 0 Å². The fourth-order valence-electron chi connectivity index (χ4n) is 1.48. The minimum atomic E-state index is -1.26. The van der Waals surface area contributed by atoms with Crippen LogP contribution in [0.1, 0.15) is 0 Å². The molecule has 0 saturated heterocycles. The van der Waals surface area contributed by atoms with Crippen LogP contribution in [0.5, 0.6) is 11.5 Å². The van der Waals surface area contributed by atoms with Gasteiger partial charge >= 0.3 is 4.70 Å². The molecular formula is C14H8Br6O2. The van der Waals surface area contributed by atoms with E-state index in [0.29, 0.717) is 11.5 Å². The lowest BCUT2D eigenvalue weighted by atomic mass is 10.3. The van der Waals surface area contributed by atoms with Gasteiger partial charge in [0.05, 0.1) is 4.47 Å². The van der Waals surface area contributed by atoms with E-state index in [1.54, 1.807) is 0 Å². The molecule has 2 aromatic rings. The number of hydrogen-bond donors (Lipinski definition) is 0. The second-order valence-electron chi connectivity index (χ2n) is 4.10. The van der Waals surface area contributed by atoms with Crippen molar-refractivity contribution in [1.29, 1.82) is 0 Å². The Bertz CT molecular complexity index is 644. The molecule has 118 valence electrons. The van der Waals surface area contributed by atoms with Gasteiger partial charge in [0.2, 0.25) is 2.14 Å². The number of halogens is 6. The van der Waals surface area contributed by atoms with Crippen LogP contribution in [0.4, 0.5) is 0 Å². The normalized spacial score (nSPS) is 14.3. The number of para-hydroxylation sites is 1. The van der Waals surface area contributed by atoms with Gasteiger partial charge in [0.25, 0.3) is 0 Å². The molecule has 0 aromatic heterocycles. The van der Waals surface area contributed by atoms with E-state index in [1.165, 1.54) is 0 Å². The summed E-state index contributed by atoms with van der Waals surface area (Å²) >= 11 is 20.9. The van der Waals surface area contributed by atoms with Crippen molar-refractivity contribution >= 4 is 95.6 Å². The van der Waals surface area contributed by atoms with Crippen LogP contribution < -0.4 is 9.47 Å². The summed E-state index contributed by atoms with van der Waals surface area (Å²) in [5.41, 5.74) is 0. The van der Waals surface area contributed by atoms with E-state index < -0.39 is 6.84 Å². The van der Waals surface area contributed by atoms with Crippen LogP contribution in [-0.2, 0) is 0 Å². The van der Waals surface area contributed by atoms with Gasteiger partial charge in [-0.1, -0.05) is 72.1 Å². The lowest BCUT2D eigenvalue weighted by Crippen LogP contribution is -2.47. The molecule has 2 aromatic carbocycles. The predicted molar refractivity (Wildman–Crippen MR) is 111 cm³/mol. The third kappa shape index (κ3) is 4.72. The molecule has 0 saturated carbocycles. The zero-order valence-corrected chi connectivity index (χ0v) is 20.2. The third-order valence-corrected chi connectivity index (χ3v) is 8.58. The maximum absolute atomic E-state index is 6.06. The average Bonchev–Trinajstić information content (AvgIpc) is 2.44. The van der Waals surface area contributed by atoms with Gasteiger partial charge in [-0.25, -0.2) is 0 Å². The first-order valence-corrected chi connectivity index (χ1v) is 10.6. The van der Waals surface area contributed by atoms with E-state index in [1.807, 2.05) is 48.5 Å². The molecule has 2 rings (SSSR count). The zero-order chi connectivity index (χ0) is 16.4. The summed E-state index contributed by atoms with van der Waals surface area (Å²) in [6.45, 7) is 0. The summed E-state index contributed by atoms with van der Waals surface area (Å²) in [4.78, 5) is 0. The summed E-state index contributed by atoms with van der Waals surface area (Å²) in [6, 6.07) is 15.0. The number of rotatable bonds is 4. The highest BCUT2D eigenvalue weighted by Gasteiger charge is 2.51. The zero-order valence-electron chi connectivity index (χ0n) is 10.7. The minimum Gasteiger partial charge on any atom is -0.441 e. The number of hydrogen-bond acceptors (Lipinski definition) is 2. The van der Waals surface area contributed by atoms with Crippen molar-refractivity contribution in [2.75, 3.05) is 0 Å². The molecule has 0 radical (unpaired) electrons. The molecule has 0 spiro atoms. The molecule has 0 aliphatic carbocycles. The van der Waals surface area contributed by atoms with E-state index in [0.717, 1.165) is 8.95 Å². The molecule has 22 heavy (non-hydrogen) atoms. The van der Waals surface area contributed by atoms with Gasteiger partial charge in [-0.2, -0.15) is 0 Å². The van der Waals surface area contributed by atoms with Gasteiger partial charge in [-0.3, -0.25) is 0 Å². The van der Waals surface area contributed by atoms with Gasteiger partial charge < -0.3 is 9.47 Å². The summed E-state index contributed by atoms with van der Waals surface area (Å²) in [6.07, 6.45) is 0. The largest absolute Gasteiger partial charge is 0.441 e. The summed E-state index contributed by atoms with van der Waals surface area (Å²) in [7, 11) is 0. The summed E-state index contributed by atoms with van der Waals surface area (Å²) in [5.74, 6) is 1.25. The standard InChI is InChI=1S/C14H8Br6O2/c15-10-7-4-8-11(12(10)16)22-14(20,13(17,18)19)21-9-5-2-1-3-6-9/h1-8H. The van der Waals surface area contributed by atoms with Crippen LogP contribution >= 0.6 is 95.6 Å². The highest BCUT2D eigenvalue weighted by Crippen LogP contribution is 2.51. The van der Waals surface area contributed by atoms with Crippen LogP contribution in [0.2, 0.25) is 0 Å². The molecule has 0 aliphatic rings. The highest BCUT2D eigenvalue weighted by atomic mass is 80.0. The molecule has 0 N–H and O–H groups in total. The minimum absolute atomic E-state index is 0.602. The second-order valence-corrected chi connectivity index (χ2v) is 13.6. The Morgan fingerprint density at radius 3 is 1.95 bits per heavy atom. The molecule has 0 bridgehead atoms. The number of alkyl halides is 4. The van der Waals surface area contributed by atoms with Crippen molar-refractivity contribution in [1.82, 2.24) is 0 Å². The Hall–Kier alpha value is 0.920. The van der Waals surface area contributed by atoms with Crippen molar-refractivity contribution < 1.29 is 9.47 Å². The quantitative estimate of drug-likeness (QED) is 0.244. The van der Waals surface area contributed by atoms with Gasteiger partial charge in [0.1, 0.15) is 11.5 Å². The third-order valence-electron chi connectivity index (χ3n) is 2.49. The number of benzene rings is 2. The van der Waals surface area contributed by atoms with Crippen molar-refractivity contribution in [3.8, 4) is 11.5 Å². The molecule has 1 atom stereocenters. The Labute approximate surface area is 179 Å². The van der Waals surface area contributed by atoms with Gasteiger partial charge in [-0.15, -0.1) is 0 Å². The van der Waals surface area contributed by atoms with Crippen LogP contribution in [0, 0.1) is 0 Å². The van der Waals surface area contributed by atoms with E-state index in [-0.39, 0.29) is 0 Å². The Balaban J connectivity index is 2.36. The fourth-order valence-corrected chi connectivity index (χ4v) is 3.02. The first kappa shape index (κ1) is 19.2. The van der Waals surface area contributed by atoms with E-state index in [9.17, 15) is 0 Å². The molecule has 0 heterocycles. The van der Waals surface area contributed by atoms with Gasteiger partial charge in [-0.05, 0) is 56.1 Å². The first-order chi connectivity index (χ1) is 10.2. The molecule has 0 amide bonds. The highest BCUT2D eigenvalue weighted by molar-refractivity contribution is 9.40. The summed E-state index contributed by atoms with van der Waals surface area (Å²) in [5, 5.41) is 0. The summed E-state index contributed by atoms with van der Waals surface area (Å²) < 4.78 is 11.6. The smallest absolute Gasteiger partial charge is 0.345 e. The number of ether oxygens (including phenoxy) is 2. The van der Waals surface area contributed by atoms with Crippen molar-refractivity contribution in [3.05, 3.63) is 57.5 Å². The van der Waals surface area contributed by atoms with Crippen molar-refractivity contribution in [2.45, 2.75) is 6.84 Å². The van der Waals surface area contributed by atoms with Gasteiger partial charge in [0, 0.05) is 20.4 Å². The lowest BCUT2D eigenvalue weighted by molar-refractivity contribution is -0.0109. The average molecular weight is 688 g/mol. The Morgan fingerprint density at radius 1 is 0.727 bits per heavy atom. The van der Waals surface area contributed by atoms with E-state index in [2.05, 4.69) is 95.6 Å². The van der Waals surface area contributed by atoms with E-state index >= 15 is 0 Å². The van der Waals surface area contributed by atoms with Gasteiger partial charge in [0.15, 0.2) is 0 Å². The molecule has 0 fully saturated rings. The molecule has 8 heteroatoms. The fraction of sp³-hybridized carbons (Fsp3) is 0.143.